The zero-order chi connectivity index (χ0) is 36.4. The van der Waals surface area contributed by atoms with Crippen molar-refractivity contribution in [1.82, 2.24) is 4.57 Å². The van der Waals surface area contributed by atoms with E-state index in [0.717, 1.165) is 0 Å². The summed E-state index contributed by atoms with van der Waals surface area (Å²) < 4.78 is 5.15. The molecule has 55 heavy (non-hydrogen) atoms. The zero-order valence-corrected chi connectivity index (χ0v) is 32.4. The lowest BCUT2D eigenvalue weighted by atomic mass is 9.96. The average Bonchev–Trinajstić information content (AvgIpc) is 3.85. The first-order valence-electron chi connectivity index (χ1n) is 19.2. The molecule has 0 radical (unpaired) electrons. The molecule has 2 aromatic heterocycles. The Bertz CT molecular complexity index is 3410. The smallest absolute Gasteiger partial charge is 0.114 e. The summed E-state index contributed by atoms with van der Waals surface area (Å²) in [6.45, 7) is 5.04. The molecule has 0 unspecified atom stereocenters. The largest absolute Gasteiger partial charge is 0.309 e. The predicted molar refractivity (Wildman–Crippen MR) is 242 cm³/mol. The molecule has 1 aliphatic rings. The van der Waals surface area contributed by atoms with Crippen molar-refractivity contribution < 1.29 is 0 Å². The molecular weight excluding hydrogens is 699 g/mol. The van der Waals surface area contributed by atoms with Gasteiger partial charge in [-0.3, -0.25) is 0 Å². The van der Waals surface area contributed by atoms with Crippen LogP contribution in [0.15, 0.2) is 176 Å². The third kappa shape index (κ3) is 4.39. The average molecular weight is 734 g/mol. The fourth-order valence-corrected chi connectivity index (χ4v) is 14.5. The van der Waals surface area contributed by atoms with E-state index in [9.17, 15) is 0 Å². The highest BCUT2D eigenvalue weighted by Gasteiger charge is 2.38. The van der Waals surface area contributed by atoms with Crippen LogP contribution >= 0.6 is 11.3 Å². The van der Waals surface area contributed by atoms with Crippen molar-refractivity contribution in [3.8, 4) is 39.1 Å². The quantitative estimate of drug-likeness (QED) is 0.159. The second-order valence-electron chi connectivity index (χ2n) is 15.7. The first kappa shape index (κ1) is 31.1. The predicted octanol–water partition coefficient (Wildman–Crippen LogP) is 13.6. The number of para-hydroxylation sites is 1. The Balaban J connectivity index is 1.01. The van der Waals surface area contributed by atoms with Gasteiger partial charge in [-0.15, -0.1) is 11.3 Å². The van der Waals surface area contributed by atoms with Crippen molar-refractivity contribution in [1.29, 1.82) is 0 Å². The summed E-state index contributed by atoms with van der Waals surface area (Å²) in [5.41, 5.74) is 11.6. The molecule has 0 saturated heterocycles. The number of hydrogen-bond donors (Lipinski definition) is 0. The Morgan fingerprint density at radius 3 is 2.00 bits per heavy atom. The molecule has 0 aliphatic carbocycles. The van der Waals surface area contributed by atoms with Gasteiger partial charge >= 0.3 is 0 Å². The summed E-state index contributed by atoms with van der Waals surface area (Å²) in [4.78, 5) is 0. The number of benzene rings is 9. The van der Waals surface area contributed by atoms with Gasteiger partial charge < -0.3 is 4.57 Å². The van der Waals surface area contributed by atoms with E-state index < -0.39 is 8.07 Å². The van der Waals surface area contributed by atoms with Crippen molar-refractivity contribution >= 4 is 93.3 Å². The van der Waals surface area contributed by atoms with Gasteiger partial charge in [0.2, 0.25) is 0 Å². The third-order valence-corrected chi connectivity index (χ3v) is 17.2. The van der Waals surface area contributed by atoms with E-state index in [1.54, 1.807) is 10.4 Å². The molecule has 0 atom stereocenters. The van der Waals surface area contributed by atoms with E-state index in [-0.39, 0.29) is 0 Å². The summed E-state index contributed by atoms with van der Waals surface area (Å²) in [5, 5.41) is 13.6. The van der Waals surface area contributed by atoms with Gasteiger partial charge in [-0.2, -0.15) is 0 Å². The number of nitrogens with zero attached hydrogens (tertiary/aromatic N) is 1. The molecule has 258 valence electrons. The summed E-state index contributed by atoms with van der Waals surface area (Å²) in [6.07, 6.45) is 0. The molecule has 9 aromatic carbocycles. The topological polar surface area (TPSA) is 4.93 Å². The molecule has 0 fully saturated rings. The van der Waals surface area contributed by atoms with Crippen molar-refractivity contribution in [3.63, 3.8) is 0 Å². The van der Waals surface area contributed by atoms with E-state index in [4.69, 9.17) is 0 Å². The monoisotopic (exact) mass is 733 g/mol. The second-order valence-corrected chi connectivity index (χ2v) is 21.0. The van der Waals surface area contributed by atoms with Crippen LogP contribution in [-0.2, 0) is 0 Å². The maximum atomic E-state index is 2.52. The molecule has 0 saturated carbocycles. The standard InChI is InChI=1S/C52H35NSSi/c1-55(2)50-20-8-6-15-40(50)43-26-22-33-21-25-36(31-44(33)52(43)55)53-47-19-7-5-14-39(47)45-29-34(23-27-48(45)53)35-24-28-49-46(30-35)42-18-10-17-41(51(42)54-49)38-16-9-12-32-11-3-4-13-37(32)38/h3-31H,1-2H3. The summed E-state index contributed by atoms with van der Waals surface area (Å²) in [5.74, 6) is 0. The molecule has 3 heteroatoms. The first-order valence-corrected chi connectivity index (χ1v) is 23.0. The minimum absolute atomic E-state index is 1.22. The Hall–Kier alpha value is -6.26. The van der Waals surface area contributed by atoms with Crippen molar-refractivity contribution in [2.45, 2.75) is 13.1 Å². The normalized spacial score (nSPS) is 13.4. The van der Waals surface area contributed by atoms with E-state index >= 15 is 0 Å². The lowest BCUT2D eigenvalue weighted by Gasteiger charge is -2.21. The van der Waals surface area contributed by atoms with Gasteiger partial charge in [-0.25, -0.2) is 0 Å². The van der Waals surface area contributed by atoms with E-state index in [1.165, 1.54) is 103 Å². The Morgan fingerprint density at radius 2 is 1.07 bits per heavy atom. The van der Waals surface area contributed by atoms with Gasteiger partial charge in [-0.05, 0) is 102 Å². The SMILES string of the molecule is C[Si]1(C)c2ccccc2-c2ccc3ccc(-n4c5ccccc5c5cc(-c6ccc7sc8c(-c9cccc%10ccccc9%10)cccc8c7c6)ccc54)cc3c21. The van der Waals surface area contributed by atoms with Gasteiger partial charge in [-0.1, -0.05) is 147 Å². The van der Waals surface area contributed by atoms with Crippen LogP contribution in [-0.4, -0.2) is 12.6 Å². The maximum absolute atomic E-state index is 2.52. The second kappa shape index (κ2) is 11.4. The van der Waals surface area contributed by atoms with Crippen molar-refractivity contribution in [3.05, 3.63) is 176 Å². The summed E-state index contributed by atoms with van der Waals surface area (Å²) in [7, 11) is -1.88. The van der Waals surface area contributed by atoms with Crippen molar-refractivity contribution in [2.75, 3.05) is 0 Å². The highest BCUT2D eigenvalue weighted by molar-refractivity contribution is 7.26. The fourth-order valence-electron chi connectivity index (χ4n) is 9.82. The van der Waals surface area contributed by atoms with Gasteiger partial charge in [0.15, 0.2) is 0 Å². The molecule has 0 spiro atoms. The van der Waals surface area contributed by atoms with E-state index in [1.807, 2.05) is 11.3 Å². The Kier molecular flexibility index (Phi) is 6.44. The van der Waals surface area contributed by atoms with Crippen LogP contribution in [0.1, 0.15) is 0 Å². The summed E-state index contributed by atoms with van der Waals surface area (Å²) in [6, 6.07) is 66.1. The van der Waals surface area contributed by atoms with Crippen LogP contribution in [0.25, 0.3) is 103 Å². The number of rotatable bonds is 3. The fraction of sp³-hybridized carbons (Fsp3) is 0.0385. The van der Waals surface area contributed by atoms with Crippen LogP contribution in [0.5, 0.6) is 0 Å². The highest BCUT2D eigenvalue weighted by atomic mass is 32.1. The van der Waals surface area contributed by atoms with E-state index in [0.29, 0.717) is 0 Å². The number of aromatic nitrogens is 1. The molecule has 1 nitrogen and oxygen atoms in total. The molecule has 12 rings (SSSR count). The first-order chi connectivity index (χ1) is 27.0. The minimum Gasteiger partial charge on any atom is -0.309 e. The van der Waals surface area contributed by atoms with Crippen LogP contribution in [0.3, 0.4) is 0 Å². The third-order valence-electron chi connectivity index (χ3n) is 12.4. The van der Waals surface area contributed by atoms with Gasteiger partial charge in [0.25, 0.3) is 0 Å². The van der Waals surface area contributed by atoms with Crippen molar-refractivity contribution in [2.24, 2.45) is 0 Å². The summed E-state index contributed by atoms with van der Waals surface area (Å²) >= 11 is 1.90. The number of fused-ring (bicyclic) bond motifs is 12. The van der Waals surface area contributed by atoms with Crippen LogP contribution in [0.2, 0.25) is 13.1 Å². The molecular formula is C52H35NSSi. The van der Waals surface area contributed by atoms with Gasteiger partial charge in [0, 0.05) is 42.2 Å². The zero-order valence-electron chi connectivity index (χ0n) is 30.6. The molecule has 0 bridgehead atoms. The lowest BCUT2D eigenvalue weighted by Crippen LogP contribution is -2.49. The maximum Gasteiger partial charge on any atom is 0.114 e. The van der Waals surface area contributed by atoms with Gasteiger partial charge in [0.05, 0.1) is 11.0 Å². The van der Waals surface area contributed by atoms with Crippen LogP contribution < -0.4 is 10.4 Å². The van der Waals surface area contributed by atoms with Gasteiger partial charge in [0.1, 0.15) is 8.07 Å². The Morgan fingerprint density at radius 1 is 0.418 bits per heavy atom. The van der Waals surface area contributed by atoms with E-state index in [2.05, 4.69) is 194 Å². The Labute approximate surface area is 324 Å². The molecule has 3 heterocycles. The molecule has 11 aromatic rings. The van der Waals surface area contributed by atoms with Crippen LogP contribution in [0.4, 0.5) is 0 Å². The number of thiophene rings is 1. The molecule has 0 N–H and O–H groups in total. The lowest BCUT2D eigenvalue weighted by molar-refractivity contribution is 1.19. The molecule has 0 amide bonds. The number of hydrogen-bond acceptors (Lipinski definition) is 1. The molecule has 1 aliphatic heterocycles. The van der Waals surface area contributed by atoms with Crippen LogP contribution in [0, 0.1) is 0 Å². The highest BCUT2D eigenvalue weighted by Crippen LogP contribution is 2.44. The minimum atomic E-state index is -1.88.